The minimum absolute atomic E-state index is 0.174. The number of nitrogens with one attached hydrogen (secondary N) is 1. The first-order valence-electron chi connectivity index (χ1n) is 11.6. The predicted octanol–water partition coefficient (Wildman–Crippen LogP) is 6.63. The molecule has 0 aromatic heterocycles. The van der Waals surface area contributed by atoms with E-state index >= 15 is 0 Å². The van der Waals surface area contributed by atoms with Crippen molar-refractivity contribution in [3.8, 4) is 17.2 Å². The molecule has 34 heavy (non-hydrogen) atoms. The molecule has 1 amide bonds. The fraction of sp³-hybridized carbons (Fsp3) is 0.276. The highest BCUT2D eigenvalue weighted by atomic mass is 16.5. The van der Waals surface area contributed by atoms with Gasteiger partial charge in [-0.15, -0.1) is 0 Å². The Labute approximate surface area is 202 Å². The molecule has 3 aromatic carbocycles. The summed E-state index contributed by atoms with van der Waals surface area (Å²) in [4.78, 5) is 12.6. The quantitative estimate of drug-likeness (QED) is 0.258. The van der Waals surface area contributed by atoms with Crippen molar-refractivity contribution in [3.63, 3.8) is 0 Å². The van der Waals surface area contributed by atoms with E-state index in [1.54, 1.807) is 6.08 Å². The van der Waals surface area contributed by atoms with Crippen LogP contribution in [0.4, 0.5) is 5.69 Å². The third kappa shape index (κ3) is 7.14. The van der Waals surface area contributed by atoms with E-state index in [-0.39, 0.29) is 5.91 Å². The number of amides is 1. The van der Waals surface area contributed by atoms with E-state index in [2.05, 4.69) is 25.2 Å². The van der Waals surface area contributed by atoms with Gasteiger partial charge in [-0.25, -0.2) is 0 Å². The van der Waals surface area contributed by atoms with Gasteiger partial charge in [-0.3, -0.25) is 4.79 Å². The standard InChI is InChI=1S/C29H33NO4/c1-5-32-27-20-23(14-16-26(27)34-19-18-33-24-11-7-6-8-12-24)15-17-28(31)30-29-22(4)10-9-13-25(29)21(2)3/h6-17,20-21H,5,18-19H2,1-4H3,(H,30,31)/b17-15+. The highest BCUT2D eigenvalue weighted by Crippen LogP contribution is 2.30. The minimum atomic E-state index is -0.174. The highest BCUT2D eigenvalue weighted by molar-refractivity contribution is 6.02. The molecule has 0 aliphatic heterocycles. The van der Waals surface area contributed by atoms with Crippen LogP contribution in [0.25, 0.3) is 6.08 Å². The number of ether oxygens (including phenoxy) is 3. The monoisotopic (exact) mass is 459 g/mol. The van der Waals surface area contributed by atoms with Crippen LogP contribution >= 0.6 is 0 Å². The van der Waals surface area contributed by atoms with Gasteiger partial charge >= 0.3 is 0 Å². The topological polar surface area (TPSA) is 56.8 Å². The van der Waals surface area contributed by atoms with Gasteiger partial charge in [-0.05, 0) is 66.8 Å². The van der Waals surface area contributed by atoms with Gasteiger partial charge in [0.1, 0.15) is 19.0 Å². The number of benzene rings is 3. The van der Waals surface area contributed by atoms with Crippen LogP contribution in [-0.2, 0) is 4.79 Å². The molecular formula is C29H33NO4. The van der Waals surface area contributed by atoms with Crippen molar-refractivity contribution >= 4 is 17.7 Å². The van der Waals surface area contributed by atoms with E-state index in [1.165, 1.54) is 6.08 Å². The first-order chi connectivity index (χ1) is 16.5. The maximum absolute atomic E-state index is 12.6. The second-order valence-electron chi connectivity index (χ2n) is 8.17. The maximum atomic E-state index is 12.6. The van der Waals surface area contributed by atoms with Crippen LogP contribution < -0.4 is 19.5 Å². The van der Waals surface area contributed by atoms with Crippen molar-refractivity contribution < 1.29 is 19.0 Å². The fourth-order valence-corrected chi connectivity index (χ4v) is 3.52. The number of aryl methyl sites for hydroxylation is 1. The predicted molar refractivity (Wildman–Crippen MR) is 138 cm³/mol. The summed E-state index contributed by atoms with van der Waals surface area (Å²) in [5.41, 5.74) is 3.89. The number of rotatable bonds is 11. The van der Waals surface area contributed by atoms with Crippen molar-refractivity contribution in [2.24, 2.45) is 0 Å². The average Bonchev–Trinajstić information content (AvgIpc) is 2.83. The molecule has 0 radical (unpaired) electrons. The van der Waals surface area contributed by atoms with Gasteiger partial charge < -0.3 is 19.5 Å². The lowest BCUT2D eigenvalue weighted by molar-refractivity contribution is -0.111. The molecule has 1 N–H and O–H groups in total. The summed E-state index contributed by atoms with van der Waals surface area (Å²) in [6.45, 7) is 9.49. The summed E-state index contributed by atoms with van der Waals surface area (Å²) in [6.07, 6.45) is 3.31. The molecule has 0 heterocycles. The van der Waals surface area contributed by atoms with Crippen molar-refractivity contribution in [2.45, 2.75) is 33.6 Å². The van der Waals surface area contributed by atoms with E-state index in [9.17, 15) is 4.79 Å². The number of anilines is 1. The van der Waals surface area contributed by atoms with E-state index in [4.69, 9.17) is 14.2 Å². The lowest BCUT2D eigenvalue weighted by Gasteiger charge is -2.15. The smallest absolute Gasteiger partial charge is 0.248 e. The highest BCUT2D eigenvalue weighted by Gasteiger charge is 2.11. The minimum Gasteiger partial charge on any atom is -0.490 e. The molecule has 0 saturated carbocycles. The summed E-state index contributed by atoms with van der Waals surface area (Å²) < 4.78 is 17.3. The zero-order chi connectivity index (χ0) is 24.3. The second kappa shape index (κ2) is 12.5. The Bertz CT molecular complexity index is 1110. The van der Waals surface area contributed by atoms with Gasteiger partial charge in [0.05, 0.1) is 6.61 Å². The van der Waals surface area contributed by atoms with Gasteiger partial charge in [0, 0.05) is 11.8 Å². The lowest BCUT2D eigenvalue weighted by Crippen LogP contribution is -2.11. The van der Waals surface area contributed by atoms with Crippen LogP contribution in [0.5, 0.6) is 17.2 Å². The van der Waals surface area contributed by atoms with Crippen molar-refractivity contribution in [1.82, 2.24) is 0 Å². The van der Waals surface area contributed by atoms with Crippen LogP contribution in [0.1, 0.15) is 43.4 Å². The average molecular weight is 460 g/mol. The van der Waals surface area contributed by atoms with Crippen LogP contribution in [0.3, 0.4) is 0 Å². The van der Waals surface area contributed by atoms with Crippen LogP contribution in [0, 0.1) is 6.92 Å². The Hall–Kier alpha value is -3.73. The Kier molecular flexibility index (Phi) is 9.15. The van der Waals surface area contributed by atoms with Crippen molar-refractivity contribution in [1.29, 1.82) is 0 Å². The molecule has 5 nitrogen and oxygen atoms in total. The molecule has 0 saturated heterocycles. The molecule has 3 rings (SSSR count). The first-order valence-corrected chi connectivity index (χ1v) is 11.6. The molecular weight excluding hydrogens is 426 g/mol. The van der Waals surface area contributed by atoms with Crippen LogP contribution in [0.15, 0.2) is 72.8 Å². The third-order valence-electron chi connectivity index (χ3n) is 5.22. The molecule has 0 unspecified atom stereocenters. The Morgan fingerprint density at radius 2 is 1.68 bits per heavy atom. The van der Waals surface area contributed by atoms with E-state index < -0.39 is 0 Å². The molecule has 0 aliphatic rings. The number of hydrogen-bond donors (Lipinski definition) is 1. The molecule has 0 atom stereocenters. The summed E-state index contributed by atoms with van der Waals surface area (Å²) in [6, 6.07) is 21.3. The van der Waals surface area contributed by atoms with Gasteiger partial charge in [0.25, 0.3) is 0 Å². The normalized spacial score (nSPS) is 11.0. The Morgan fingerprint density at radius 1 is 0.912 bits per heavy atom. The number of carbonyl (C=O) groups is 1. The largest absolute Gasteiger partial charge is 0.490 e. The van der Waals surface area contributed by atoms with Crippen LogP contribution in [-0.4, -0.2) is 25.7 Å². The molecule has 5 heteroatoms. The summed E-state index contributed by atoms with van der Waals surface area (Å²) in [5.74, 6) is 2.22. The zero-order valence-corrected chi connectivity index (χ0v) is 20.3. The summed E-state index contributed by atoms with van der Waals surface area (Å²) in [7, 11) is 0. The van der Waals surface area contributed by atoms with E-state index in [0.29, 0.717) is 37.2 Å². The second-order valence-corrected chi connectivity index (χ2v) is 8.17. The Balaban J connectivity index is 1.62. The van der Waals surface area contributed by atoms with Gasteiger partial charge in [-0.1, -0.05) is 56.3 Å². The van der Waals surface area contributed by atoms with E-state index in [1.807, 2.05) is 74.5 Å². The SMILES string of the molecule is CCOc1cc(/C=C/C(=O)Nc2c(C)cccc2C(C)C)ccc1OCCOc1ccccc1. The molecule has 0 bridgehead atoms. The van der Waals surface area contributed by atoms with Gasteiger partial charge in [-0.2, -0.15) is 0 Å². The maximum Gasteiger partial charge on any atom is 0.248 e. The number of carbonyl (C=O) groups excluding carboxylic acids is 1. The van der Waals surface area contributed by atoms with Crippen molar-refractivity contribution in [2.75, 3.05) is 25.1 Å². The van der Waals surface area contributed by atoms with Crippen molar-refractivity contribution in [3.05, 3.63) is 89.5 Å². The van der Waals surface area contributed by atoms with Gasteiger partial charge in [0.2, 0.25) is 5.91 Å². The molecule has 178 valence electrons. The summed E-state index contributed by atoms with van der Waals surface area (Å²) >= 11 is 0. The molecule has 0 spiro atoms. The van der Waals surface area contributed by atoms with Crippen LogP contribution in [0.2, 0.25) is 0 Å². The first kappa shape index (κ1) is 24.9. The zero-order valence-electron chi connectivity index (χ0n) is 20.3. The number of para-hydroxylation sites is 2. The van der Waals surface area contributed by atoms with Gasteiger partial charge in [0.15, 0.2) is 11.5 Å². The number of hydrogen-bond acceptors (Lipinski definition) is 4. The molecule has 0 aliphatic carbocycles. The lowest BCUT2D eigenvalue weighted by atomic mass is 9.98. The third-order valence-corrected chi connectivity index (χ3v) is 5.22. The summed E-state index contributed by atoms with van der Waals surface area (Å²) in [5, 5.41) is 3.03. The van der Waals surface area contributed by atoms with E-state index in [0.717, 1.165) is 28.1 Å². The Morgan fingerprint density at radius 3 is 2.41 bits per heavy atom. The molecule has 3 aromatic rings. The molecule has 0 fully saturated rings. The fourth-order valence-electron chi connectivity index (χ4n) is 3.52.